The van der Waals surface area contributed by atoms with Crippen molar-refractivity contribution in [1.29, 1.82) is 0 Å². The van der Waals surface area contributed by atoms with Gasteiger partial charge in [0.2, 0.25) is 0 Å². The third-order valence-electron chi connectivity index (χ3n) is 1.72. The smallest absolute Gasteiger partial charge is 0.0716 e. The summed E-state index contributed by atoms with van der Waals surface area (Å²) in [5.74, 6) is -1.15. The highest BCUT2D eigenvalue weighted by Crippen LogP contribution is 2.31. The summed E-state index contributed by atoms with van der Waals surface area (Å²) in [5.41, 5.74) is 1.01. The largest absolute Gasteiger partial charge is 0.545 e. The molecule has 2 rings (SSSR count). The monoisotopic (exact) mass is 192 g/mol. The molecule has 0 spiro atoms. The van der Waals surface area contributed by atoms with Crippen molar-refractivity contribution < 1.29 is 9.90 Å². The number of carbonyl (C=O) groups excluding carboxylic acids is 1. The molecule has 1 N–H and O–H groups in total. The molecule has 1 heterocycles. The molecular weight excluding hydrogens is 186 g/mol. The Morgan fingerprint density at radius 1 is 1.46 bits per heavy atom. The number of hydrogen-bond donors (Lipinski definition) is 1. The van der Waals surface area contributed by atoms with Gasteiger partial charge in [0.1, 0.15) is 0 Å². The molecule has 1 aromatic rings. The van der Waals surface area contributed by atoms with Crippen molar-refractivity contribution in [2.24, 2.45) is 0 Å². The van der Waals surface area contributed by atoms with Gasteiger partial charge in [-0.05, 0) is 23.1 Å². The van der Waals surface area contributed by atoms with E-state index >= 15 is 0 Å². The fourth-order valence-corrected chi connectivity index (χ4v) is 1.78. The Morgan fingerprint density at radius 3 is 3.08 bits per heavy atom. The van der Waals surface area contributed by atoms with Crippen LogP contribution in [0, 0.1) is 0 Å². The first-order valence-electron chi connectivity index (χ1n) is 3.71. The predicted octanol–water partition coefficient (Wildman–Crippen LogP) is 1.04. The number of carboxylic acid groups (broad SMARTS) is 1. The van der Waals surface area contributed by atoms with Crippen LogP contribution in [-0.2, 0) is 0 Å². The molecule has 1 aliphatic heterocycles. The third kappa shape index (κ3) is 1.53. The molecule has 1 aliphatic rings. The van der Waals surface area contributed by atoms with Crippen LogP contribution in [0.25, 0.3) is 0 Å². The number of hydrogen-bond acceptors (Lipinski definition) is 4. The van der Waals surface area contributed by atoms with E-state index in [1.165, 1.54) is 0 Å². The minimum Gasteiger partial charge on any atom is -0.545 e. The number of benzene rings is 1. The number of carbonyl (C=O) groups is 1. The van der Waals surface area contributed by atoms with Crippen LogP contribution >= 0.6 is 11.8 Å². The van der Waals surface area contributed by atoms with Gasteiger partial charge in [0.25, 0.3) is 0 Å². The highest BCUT2D eigenvalue weighted by Gasteiger charge is 2.05. The topological polar surface area (TPSA) is 52.2 Å². The van der Waals surface area contributed by atoms with E-state index in [1.54, 1.807) is 36.2 Å². The minimum atomic E-state index is -1.15. The van der Waals surface area contributed by atoms with Crippen molar-refractivity contribution in [3.63, 3.8) is 0 Å². The van der Waals surface area contributed by atoms with E-state index in [4.69, 9.17) is 0 Å². The van der Waals surface area contributed by atoms with Crippen LogP contribution in [0.15, 0.2) is 34.7 Å². The van der Waals surface area contributed by atoms with Gasteiger partial charge in [0.15, 0.2) is 0 Å². The SMILES string of the molecule is O=C([O-])c1ccc2c(c1)NC=CS2. The highest BCUT2D eigenvalue weighted by molar-refractivity contribution is 8.02. The summed E-state index contributed by atoms with van der Waals surface area (Å²) in [6.07, 6.45) is 1.77. The van der Waals surface area contributed by atoms with Crippen molar-refractivity contribution >= 4 is 23.4 Å². The molecule has 0 amide bonds. The van der Waals surface area contributed by atoms with Gasteiger partial charge >= 0.3 is 0 Å². The van der Waals surface area contributed by atoms with E-state index < -0.39 is 5.97 Å². The molecule has 0 bridgehead atoms. The lowest BCUT2D eigenvalue weighted by Gasteiger charge is -2.13. The summed E-state index contributed by atoms with van der Waals surface area (Å²) in [6, 6.07) is 4.88. The standard InChI is InChI=1S/C9H7NO2S/c11-9(12)6-1-2-8-7(5-6)10-3-4-13-8/h1-5,10H,(H,11,12)/p-1. The zero-order chi connectivity index (χ0) is 9.26. The van der Waals surface area contributed by atoms with Gasteiger partial charge in [-0.3, -0.25) is 0 Å². The van der Waals surface area contributed by atoms with Crippen LogP contribution in [0.3, 0.4) is 0 Å². The van der Waals surface area contributed by atoms with Gasteiger partial charge < -0.3 is 15.2 Å². The molecule has 3 nitrogen and oxygen atoms in total. The van der Waals surface area contributed by atoms with Crippen LogP contribution in [0.2, 0.25) is 0 Å². The van der Waals surface area contributed by atoms with Crippen molar-refractivity contribution in [3.05, 3.63) is 35.4 Å². The Morgan fingerprint density at radius 2 is 2.31 bits per heavy atom. The van der Waals surface area contributed by atoms with Crippen molar-refractivity contribution in [2.75, 3.05) is 5.32 Å². The summed E-state index contributed by atoms with van der Waals surface area (Å²) < 4.78 is 0. The molecule has 0 unspecified atom stereocenters. The number of carboxylic acids is 1. The van der Waals surface area contributed by atoms with Crippen molar-refractivity contribution in [2.45, 2.75) is 4.90 Å². The third-order valence-corrected chi connectivity index (χ3v) is 2.60. The Balaban J connectivity index is 2.44. The highest BCUT2D eigenvalue weighted by atomic mass is 32.2. The van der Waals surface area contributed by atoms with E-state index in [1.807, 2.05) is 5.41 Å². The summed E-state index contributed by atoms with van der Waals surface area (Å²) in [5, 5.41) is 15.4. The van der Waals surface area contributed by atoms with Gasteiger partial charge in [-0.15, -0.1) is 0 Å². The lowest BCUT2D eigenvalue weighted by molar-refractivity contribution is -0.255. The van der Waals surface area contributed by atoms with Crippen molar-refractivity contribution in [1.82, 2.24) is 0 Å². The number of rotatable bonds is 1. The first-order valence-corrected chi connectivity index (χ1v) is 4.59. The Labute approximate surface area is 79.5 Å². The first-order chi connectivity index (χ1) is 6.27. The van der Waals surface area contributed by atoms with Crippen LogP contribution in [0.1, 0.15) is 10.4 Å². The van der Waals surface area contributed by atoms with Crippen LogP contribution < -0.4 is 10.4 Å². The molecule has 66 valence electrons. The van der Waals surface area contributed by atoms with Crippen molar-refractivity contribution in [3.8, 4) is 0 Å². The van der Waals surface area contributed by atoms with E-state index in [0.717, 1.165) is 10.6 Å². The molecule has 1 aromatic carbocycles. The average Bonchev–Trinajstić information content (AvgIpc) is 2.17. The predicted molar refractivity (Wildman–Crippen MR) is 49.4 cm³/mol. The Bertz CT molecular complexity index is 387. The van der Waals surface area contributed by atoms with E-state index in [-0.39, 0.29) is 5.56 Å². The molecule has 0 radical (unpaired) electrons. The zero-order valence-corrected chi connectivity index (χ0v) is 7.43. The molecule has 0 aromatic heterocycles. The normalized spacial score (nSPS) is 13.2. The van der Waals surface area contributed by atoms with Gasteiger partial charge in [-0.25, -0.2) is 0 Å². The summed E-state index contributed by atoms with van der Waals surface area (Å²) in [4.78, 5) is 11.5. The molecular formula is C9H6NO2S-. The summed E-state index contributed by atoms with van der Waals surface area (Å²) in [7, 11) is 0. The molecule has 13 heavy (non-hydrogen) atoms. The van der Waals surface area contributed by atoms with Gasteiger partial charge in [-0.1, -0.05) is 17.8 Å². The fourth-order valence-electron chi connectivity index (χ4n) is 1.10. The summed E-state index contributed by atoms with van der Waals surface area (Å²) in [6.45, 7) is 0. The summed E-state index contributed by atoms with van der Waals surface area (Å²) >= 11 is 1.55. The zero-order valence-electron chi connectivity index (χ0n) is 6.61. The molecule has 0 saturated carbocycles. The Hall–Kier alpha value is -1.42. The average molecular weight is 192 g/mol. The number of anilines is 1. The molecule has 0 saturated heterocycles. The molecule has 4 heteroatoms. The van der Waals surface area contributed by atoms with Gasteiger partial charge in [0, 0.05) is 11.1 Å². The first kappa shape index (κ1) is 8.19. The second-order valence-electron chi connectivity index (χ2n) is 2.56. The van der Waals surface area contributed by atoms with Crippen LogP contribution in [0.4, 0.5) is 5.69 Å². The van der Waals surface area contributed by atoms with Gasteiger partial charge in [-0.2, -0.15) is 0 Å². The van der Waals surface area contributed by atoms with Gasteiger partial charge in [0.05, 0.1) is 11.7 Å². The molecule has 0 fully saturated rings. The lowest BCUT2D eigenvalue weighted by atomic mass is 10.2. The maximum atomic E-state index is 10.5. The van der Waals surface area contributed by atoms with E-state index in [9.17, 15) is 9.90 Å². The number of nitrogens with one attached hydrogen (secondary N) is 1. The maximum Gasteiger partial charge on any atom is 0.0716 e. The second-order valence-corrected chi connectivity index (χ2v) is 3.51. The maximum absolute atomic E-state index is 10.5. The number of thioether (sulfide) groups is 1. The molecule has 0 atom stereocenters. The van der Waals surface area contributed by atoms with Crippen LogP contribution in [0.5, 0.6) is 0 Å². The fraction of sp³-hybridized carbons (Fsp3) is 0. The minimum absolute atomic E-state index is 0.196. The lowest BCUT2D eigenvalue weighted by Crippen LogP contribution is -2.22. The van der Waals surface area contributed by atoms with E-state index in [2.05, 4.69) is 5.32 Å². The molecule has 0 aliphatic carbocycles. The Kier molecular flexibility index (Phi) is 1.98. The number of fused-ring (bicyclic) bond motifs is 1. The second kappa shape index (κ2) is 3.14. The number of aromatic carboxylic acids is 1. The van der Waals surface area contributed by atoms with E-state index in [0.29, 0.717) is 0 Å². The quantitative estimate of drug-likeness (QED) is 0.722. The van der Waals surface area contributed by atoms with Crippen LogP contribution in [-0.4, -0.2) is 5.97 Å².